The zero-order chi connectivity index (χ0) is 21.5. The third-order valence-corrected chi connectivity index (χ3v) is 5.36. The molecule has 0 saturated carbocycles. The number of pyridine rings is 1. The number of methoxy groups -OCH3 is 1. The number of benzene rings is 1. The number of piperazine rings is 1. The topological polar surface area (TPSA) is 110 Å². The van der Waals surface area contributed by atoms with Gasteiger partial charge in [-0.1, -0.05) is 0 Å². The Morgan fingerprint density at radius 3 is 2.81 bits per heavy atom. The number of carbonyl (C=O) groups is 1. The summed E-state index contributed by atoms with van der Waals surface area (Å²) in [5.74, 6) is 0.806. The Balaban J connectivity index is 1.51. The average molecular weight is 421 g/mol. The molecule has 3 aromatic heterocycles. The highest BCUT2D eigenvalue weighted by atomic mass is 16.5. The number of ether oxygens (including phenoxy) is 1. The summed E-state index contributed by atoms with van der Waals surface area (Å²) in [4.78, 5) is 24.1. The fraction of sp³-hybridized carbons (Fsp3) is 0.333. The number of aryl methyl sites for hydroxylation is 2. The monoisotopic (exact) mass is 421 g/mol. The number of aromatic nitrogens is 4. The average Bonchev–Trinajstić information content (AvgIpc) is 3.34. The highest BCUT2D eigenvalue weighted by Crippen LogP contribution is 2.30. The summed E-state index contributed by atoms with van der Waals surface area (Å²) in [6, 6.07) is 5.44. The lowest BCUT2D eigenvalue weighted by molar-refractivity contribution is 0.102. The molecule has 31 heavy (non-hydrogen) atoms. The quantitative estimate of drug-likeness (QED) is 0.515. The van der Waals surface area contributed by atoms with Crippen LogP contribution in [0.5, 0.6) is 5.88 Å². The zero-order valence-corrected chi connectivity index (χ0v) is 17.6. The number of hydrogen-bond acceptors (Lipinski definition) is 8. The van der Waals surface area contributed by atoms with E-state index in [-0.39, 0.29) is 5.91 Å². The largest absolute Gasteiger partial charge is 0.479 e. The van der Waals surface area contributed by atoms with Gasteiger partial charge in [-0.3, -0.25) is 9.48 Å². The number of oxazole rings is 1. The molecule has 0 radical (unpaired) electrons. The predicted octanol–water partition coefficient (Wildman–Crippen LogP) is 2.09. The molecule has 2 N–H and O–H groups in total. The standard InChI is InChI=1S/C21H23N7O3/c1-12-23-19-16(31-12)10-17(25-21(19)30-3)24-20(29)13-4-5-15(28-8-6-22-7-9-28)14-11-27(2)26-18(13)14/h4-5,10-11,22H,6-9H2,1-3H3,(H,24,25,29). The van der Waals surface area contributed by atoms with Gasteiger partial charge in [0.2, 0.25) is 5.88 Å². The lowest BCUT2D eigenvalue weighted by Crippen LogP contribution is -2.43. The summed E-state index contributed by atoms with van der Waals surface area (Å²) in [5, 5.41) is 11.7. The van der Waals surface area contributed by atoms with Gasteiger partial charge in [0.25, 0.3) is 5.91 Å². The van der Waals surface area contributed by atoms with Crippen molar-refractivity contribution in [3.8, 4) is 5.88 Å². The molecule has 1 aliphatic rings. The van der Waals surface area contributed by atoms with Gasteiger partial charge in [-0.25, -0.2) is 4.98 Å². The van der Waals surface area contributed by atoms with Crippen LogP contribution in [-0.2, 0) is 7.05 Å². The number of hydrogen-bond donors (Lipinski definition) is 2. The van der Waals surface area contributed by atoms with Gasteiger partial charge in [-0.05, 0) is 12.1 Å². The van der Waals surface area contributed by atoms with Gasteiger partial charge in [0.1, 0.15) is 11.3 Å². The SMILES string of the molecule is COc1nc(NC(=O)c2ccc(N3CCNCC3)c3cn(C)nc23)cc2oc(C)nc12. The molecule has 1 amide bonds. The number of anilines is 2. The lowest BCUT2D eigenvalue weighted by Gasteiger charge is -2.30. The molecule has 0 aliphatic carbocycles. The minimum Gasteiger partial charge on any atom is -0.479 e. The molecule has 1 aliphatic heterocycles. The number of fused-ring (bicyclic) bond motifs is 2. The van der Waals surface area contributed by atoms with Crippen molar-refractivity contribution >= 4 is 39.4 Å². The Hall–Kier alpha value is -3.66. The summed E-state index contributed by atoms with van der Waals surface area (Å²) in [6.45, 7) is 5.43. The van der Waals surface area contributed by atoms with Crippen molar-refractivity contribution in [2.24, 2.45) is 7.05 Å². The van der Waals surface area contributed by atoms with E-state index in [9.17, 15) is 4.79 Å². The second-order valence-corrected chi connectivity index (χ2v) is 7.48. The van der Waals surface area contributed by atoms with Crippen LogP contribution in [-0.4, -0.2) is 58.9 Å². The number of carbonyl (C=O) groups excluding carboxylic acids is 1. The van der Waals surface area contributed by atoms with Crippen molar-refractivity contribution < 1.29 is 13.9 Å². The van der Waals surface area contributed by atoms with Crippen LogP contribution < -0.4 is 20.3 Å². The van der Waals surface area contributed by atoms with Crippen molar-refractivity contribution in [3.63, 3.8) is 0 Å². The van der Waals surface area contributed by atoms with E-state index in [2.05, 4.69) is 30.6 Å². The van der Waals surface area contributed by atoms with Gasteiger partial charge in [0.15, 0.2) is 17.0 Å². The van der Waals surface area contributed by atoms with Gasteiger partial charge in [0, 0.05) is 63.5 Å². The maximum Gasteiger partial charge on any atom is 0.259 e. The summed E-state index contributed by atoms with van der Waals surface area (Å²) >= 11 is 0. The Morgan fingerprint density at radius 2 is 2.03 bits per heavy atom. The van der Waals surface area contributed by atoms with E-state index >= 15 is 0 Å². The molecule has 1 saturated heterocycles. The Morgan fingerprint density at radius 1 is 1.23 bits per heavy atom. The van der Waals surface area contributed by atoms with Crippen LogP contribution in [0.2, 0.25) is 0 Å². The van der Waals surface area contributed by atoms with E-state index in [4.69, 9.17) is 9.15 Å². The minimum atomic E-state index is -0.305. The highest BCUT2D eigenvalue weighted by Gasteiger charge is 2.21. The molecule has 0 bridgehead atoms. The van der Waals surface area contributed by atoms with Crippen LogP contribution in [0, 0.1) is 6.92 Å². The maximum atomic E-state index is 13.2. The van der Waals surface area contributed by atoms with E-state index in [0.29, 0.717) is 39.8 Å². The smallest absolute Gasteiger partial charge is 0.259 e. The lowest BCUT2D eigenvalue weighted by atomic mass is 10.1. The van der Waals surface area contributed by atoms with Gasteiger partial charge in [-0.2, -0.15) is 10.1 Å². The third kappa shape index (κ3) is 3.44. The van der Waals surface area contributed by atoms with E-state index in [1.165, 1.54) is 7.11 Å². The van der Waals surface area contributed by atoms with Crippen molar-refractivity contribution in [1.82, 2.24) is 25.1 Å². The van der Waals surface area contributed by atoms with Crippen LogP contribution in [0.1, 0.15) is 16.2 Å². The second-order valence-electron chi connectivity index (χ2n) is 7.48. The summed E-state index contributed by atoms with van der Waals surface area (Å²) < 4.78 is 12.6. The molecule has 4 heterocycles. The summed E-state index contributed by atoms with van der Waals surface area (Å²) in [5.41, 5.74) is 3.23. The van der Waals surface area contributed by atoms with E-state index in [1.807, 2.05) is 25.4 Å². The molecule has 1 fully saturated rings. The third-order valence-electron chi connectivity index (χ3n) is 5.36. The van der Waals surface area contributed by atoms with Crippen molar-refractivity contribution in [2.75, 3.05) is 43.5 Å². The predicted molar refractivity (Wildman–Crippen MR) is 117 cm³/mol. The van der Waals surface area contributed by atoms with Gasteiger partial charge in [-0.15, -0.1) is 0 Å². The molecular formula is C21H23N7O3. The minimum absolute atomic E-state index is 0.293. The van der Waals surface area contributed by atoms with E-state index < -0.39 is 0 Å². The first-order valence-corrected chi connectivity index (χ1v) is 10.1. The van der Waals surface area contributed by atoms with Crippen molar-refractivity contribution in [1.29, 1.82) is 0 Å². The van der Waals surface area contributed by atoms with E-state index in [1.54, 1.807) is 17.7 Å². The molecule has 0 spiro atoms. The fourth-order valence-electron chi connectivity index (χ4n) is 3.97. The first-order chi connectivity index (χ1) is 15.0. The zero-order valence-electron chi connectivity index (χ0n) is 17.6. The Labute approximate surface area is 178 Å². The number of nitrogens with zero attached hydrogens (tertiary/aromatic N) is 5. The van der Waals surface area contributed by atoms with Crippen molar-refractivity contribution in [2.45, 2.75) is 6.92 Å². The molecule has 10 heteroatoms. The second kappa shape index (κ2) is 7.55. The molecule has 1 aromatic carbocycles. The molecule has 4 aromatic rings. The number of nitrogens with one attached hydrogen (secondary N) is 2. The van der Waals surface area contributed by atoms with Crippen LogP contribution in [0.15, 0.2) is 28.8 Å². The van der Waals surface area contributed by atoms with Crippen LogP contribution in [0.25, 0.3) is 22.0 Å². The first kappa shape index (κ1) is 19.3. The van der Waals surface area contributed by atoms with Crippen LogP contribution >= 0.6 is 0 Å². The normalized spacial score (nSPS) is 14.4. The highest BCUT2D eigenvalue weighted by molar-refractivity contribution is 6.13. The van der Waals surface area contributed by atoms with Gasteiger partial charge in [0.05, 0.1) is 12.7 Å². The van der Waals surface area contributed by atoms with Gasteiger partial charge < -0.3 is 24.7 Å². The molecule has 5 rings (SSSR count). The van der Waals surface area contributed by atoms with Crippen LogP contribution in [0.4, 0.5) is 11.5 Å². The Bertz CT molecular complexity index is 1290. The molecule has 0 atom stereocenters. The first-order valence-electron chi connectivity index (χ1n) is 10.1. The summed E-state index contributed by atoms with van der Waals surface area (Å²) in [6.07, 6.45) is 1.95. The molecule has 10 nitrogen and oxygen atoms in total. The molecular weight excluding hydrogens is 398 g/mol. The van der Waals surface area contributed by atoms with Crippen molar-refractivity contribution in [3.05, 3.63) is 35.9 Å². The fourth-order valence-corrected chi connectivity index (χ4v) is 3.97. The van der Waals surface area contributed by atoms with Gasteiger partial charge >= 0.3 is 0 Å². The van der Waals surface area contributed by atoms with E-state index in [0.717, 1.165) is 37.3 Å². The Kier molecular flexibility index (Phi) is 4.70. The number of amides is 1. The number of rotatable bonds is 4. The summed E-state index contributed by atoms with van der Waals surface area (Å²) in [7, 11) is 3.36. The van der Waals surface area contributed by atoms with Crippen LogP contribution in [0.3, 0.4) is 0 Å². The molecule has 0 unspecified atom stereocenters. The maximum absolute atomic E-state index is 13.2. The molecule has 160 valence electrons.